The molecule has 1 aromatic rings. The number of hydrogen-bond donors (Lipinski definition) is 1. The molecule has 0 spiro atoms. The molecule has 1 aromatic carbocycles. The monoisotopic (exact) mass is 250 g/mol. The van der Waals surface area contributed by atoms with Crippen molar-refractivity contribution in [1.82, 2.24) is 5.43 Å². The van der Waals surface area contributed by atoms with Gasteiger partial charge in [0.2, 0.25) is 0 Å². The Morgan fingerprint density at radius 2 is 1.94 bits per heavy atom. The number of carbonyl (C=O) groups is 1. The number of hydrazone groups is 1. The first-order valence-electron chi connectivity index (χ1n) is 5.67. The normalized spacial score (nSPS) is 11.0. The quantitative estimate of drug-likeness (QED) is 0.644. The van der Waals surface area contributed by atoms with Crippen LogP contribution in [0.4, 0.5) is 0 Å². The third-order valence-corrected chi connectivity index (χ3v) is 2.51. The third kappa shape index (κ3) is 3.48. The Hall–Kier alpha value is -2.04. The van der Waals surface area contributed by atoms with Crippen LogP contribution in [-0.4, -0.2) is 25.8 Å². The van der Waals surface area contributed by atoms with E-state index < -0.39 is 0 Å². The second-order valence-corrected chi connectivity index (χ2v) is 3.71. The van der Waals surface area contributed by atoms with E-state index in [4.69, 9.17) is 9.47 Å². The highest BCUT2D eigenvalue weighted by Gasteiger charge is 2.09. The molecule has 0 aliphatic carbocycles. The predicted molar refractivity (Wildman–Crippen MR) is 70.4 cm³/mol. The van der Waals surface area contributed by atoms with Gasteiger partial charge >= 0.3 is 0 Å². The first-order valence-corrected chi connectivity index (χ1v) is 5.67. The molecule has 0 saturated carbocycles. The van der Waals surface area contributed by atoms with Crippen molar-refractivity contribution in [3.05, 3.63) is 23.8 Å². The van der Waals surface area contributed by atoms with Crippen LogP contribution in [0.3, 0.4) is 0 Å². The van der Waals surface area contributed by atoms with Gasteiger partial charge in [-0.1, -0.05) is 6.92 Å². The summed E-state index contributed by atoms with van der Waals surface area (Å²) in [6.07, 6.45) is 0.798. The number of methoxy groups -OCH3 is 2. The Balaban J connectivity index is 2.87. The van der Waals surface area contributed by atoms with Crippen LogP contribution in [0.5, 0.6) is 11.5 Å². The van der Waals surface area contributed by atoms with E-state index in [-0.39, 0.29) is 5.91 Å². The zero-order valence-corrected chi connectivity index (χ0v) is 11.1. The molecule has 18 heavy (non-hydrogen) atoms. The molecular weight excluding hydrogens is 232 g/mol. The second kappa shape index (κ2) is 6.64. The van der Waals surface area contributed by atoms with Crippen LogP contribution in [0.15, 0.2) is 23.3 Å². The fourth-order valence-electron chi connectivity index (χ4n) is 1.27. The van der Waals surface area contributed by atoms with Crippen molar-refractivity contribution in [3.8, 4) is 11.5 Å². The molecule has 0 bridgehead atoms. The lowest BCUT2D eigenvalue weighted by Gasteiger charge is -2.08. The summed E-state index contributed by atoms with van der Waals surface area (Å²) >= 11 is 0. The maximum Gasteiger partial charge on any atom is 0.271 e. The average molecular weight is 250 g/mol. The lowest BCUT2D eigenvalue weighted by molar-refractivity contribution is 0.0954. The molecule has 0 aliphatic rings. The number of nitrogens with one attached hydrogen (secondary N) is 1. The Morgan fingerprint density at radius 1 is 1.28 bits per heavy atom. The van der Waals surface area contributed by atoms with Crippen molar-refractivity contribution in [2.24, 2.45) is 5.10 Å². The number of hydrogen-bond acceptors (Lipinski definition) is 4. The van der Waals surface area contributed by atoms with Gasteiger partial charge in [-0.25, -0.2) is 5.43 Å². The second-order valence-electron chi connectivity index (χ2n) is 3.71. The molecule has 0 radical (unpaired) electrons. The van der Waals surface area contributed by atoms with Gasteiger partial charge < -0.3 is 9.47 Å². The number of amides is 1. The minimum absolute atomic E-state index is 0.274. The van der Waals surface area contributed by atoms with Gasteiger partial charge in [-0.15, -0.1) is 0 Å². The largest absolute Gasteiger partial charge is 0.493 e. The van der Waals surface area contributed by atoms with Crippen molar-refractivity contribution in [1.29, 1.82) is 0 Å². The van der Waals surface area contributed by atoms with E-state index in [1.165, 1.54) is 7.11 Å². The summed E-state index contributed by atoms with van der Waals surface area (Å²) in [6, 6.07) is 4.96. The Bertz CT molecular complexity index is 456. The number of carbonyl (C=O) groups excluding carboxylic acids is 1. The van der Waals surface area contributed by atoms with Crippen LogP contribution in [0, 0.1) is 0 Å². The zero-order chi connectivity index (χ0) is 13.5. The lowest BCUT2D eigenvalue weighted by Crippen LogP contribution is -2.19. The SMILES string of the molecule is CC/C(C)=N\NC(=O)c1ccc(OC)c(OC)c1. The minimum atomic E-state index is -0.274. The number of rotatable bonds is 5. The fourth-order valence-corrected chi connectivity index (χ4v) is 1.27. The summed E-state index contributed by atoms with van der Waals surface area (Å²) in [5.74, 6) is 0.826. The lowest BCUT2D eigenvalue weighted by atomic mass is 10.2. The maximum atomic E-state index is 11.8. The van der Waals surface area contributed by atoms with Crippen LogP contribution in [0.25, 0.3) is 0 Å². The Morgan fingerprint density at radius 3 is 2.50 bits per heavy atom. The molecule has 0 aromatic heterocycles. The van der Waals surface area contributed by atoms with Crippen molar-refractivity contribution >= 4 is 11.6 Å². The van der Waals surface area contributed by atoms with Gasteiger partial charge in [0, 0.05) is 11.3 Å². The van der Waals surface area contributed by atoms with E-state index in [0.717, 1.165) is 12.1 Å². The molecule has 0 aliphatic heterocycles. The summed E-state index contributed by atoms with van der Waals surface area (Å²) in [7, 11) is 3.07. The van der Waals surface area contributed by atoms with Gasteiger partial charge in [0.05, 0.1) is 14.2 Å². The molecular formula is C13H18N2O3. The highest BCUT2D eigenvalue weighted by molar-refractivity contribution is 5.95. The van der Waals surface area contributed by atoms with Crippen molar-refractivity contribution < 1.29 is 14.3 Å². The van der Waals surface area contributed by atoms with Gasteiger partial charge in [0.25, 0.3) is 5.91 Å². The first kappa shape index (κ1) is 14.0. The topological polar surface area (TPSA) is 59.9 Å². The summed E-state index contributed by atoms with van der Waals surface area (Å²) < 4.78 is 10.2. The average Bonchev–Trinajstić information content (AvgIpc) is 2.43. The number of nitrogens with zero attached hydrogens (tertiary/aromatic N) is 1. The van der Waals surface area contributed by atoms with Gasteiger partial charge in [-0.05, 0) is 31.5 Å². The molecule has 0 heterocycles. The van der Waals surface area contributed by atoms with Gasteiger partial charge in [0.1, 0.15) is 0 Å². The van der Waals surface area contributed by atoms with E-state index in [1.54, 1.807) is 25.3 Å². The van der Waals surface area contributed by atoms with Crippen LogP contribution < -0.4 is 14.9 Å². The Labute approximate surface area is 107 Å². The van der Waals surface area contributed by atoms with E-state index in [2.05, 4.69) is 10.5 Å². The number of ether oxygens (including phenoxy) is 2. The van der Waals surface area contributed by atoms with Gasteiger partial charge in [0.15, 0.2) is 11.5 Å². The predicted octanol–water partition coefficient (Wildman–Crippen LogP) is 2.22. The molecule has 0 unspecified atom stereocenters. The van der Waals surface area contributed by atoms with Crippen LogP contribution >= 0.6 is 0 Å². The van der Waals surface area contributed by atoms with E-state index in [9.17, 15) is 4.79 Å². The summed E-state index contributed by atoms with van der Waals surface area (Å²) in [6.45, 7) is 3.83. The summed E-state index contributed by atoms with van der Waals surface area (Å²) in [4.78, 5) is 11.8. The fraction of sp³-hybridized carbons (Fsp3) is 0.385. The van der Waals surface area contributed by atoms with Crippen molar-refractivity contribution in [2.75, 3.05) is 14.2 Å². The van der Waals surface area contributed by atoms with Crippen molar-refractivity contribution in [2.45, 2.75) is 20.3 Å². The van der Waals surface area contributed by atoms with Crippen molar-refractivity contribution in [3.63, 3.8) is 0 Å². The first-order chi connectivity index (χ1) is 8.62. The molecule has 0 atom stereocenters. The third-order valence-electron chi connectivity index (χ3n) is 2.51. The molecule has 5 nitrogen and oxygen atoms in total. The van der Waals surface area contributed by atoms with E-state index in [0.29, 0.717) is 17.1 Å². The highest BCUT2D eigenvalue weighted by Crippen LogP contribution is 2.27. The van der Waals surface area contributed by atoms with E-state index in [1.807, 2.05) is 13.8 Å². The van der Waals surface area contributed by atoms with E-state index >= 15 is 0 Å². The highest BCUT2D eigenvalue weighted by atomic mass is 16.5. The zero-order valence-electron chi connectivity index (χ0n) is 11.1. The van der Waals surface area contributed by atoms with Crippen LogP contribution in [-0.2, 0) is 0 Å². The smallest absolute Gasteiger partial charge is 0.271 e. The van der Waals surface area contributed by atoms with Crippen LogP contribution in [0.2, 0.25) is 0 Å². The summed E-state index contributed by atoms with van der Waals surface area (Å²) in [5.41, 5.74) is 3.83. The molecule has 5 heteroatoms. The molecule has 98 valence electrons. The Kier molecular flexibility index (Phi) is 5.17. The molecule has 0 fully saturated rings. The molecule has 1 N–H and O–H groups in total. The van der Waals surface area contributed by atoms with Crippen LogP contribution in [0.1, 0.15) is 30.6 Å². The minimum Gasteiger partial charge on any atom is -0.493 e. The number of benzene rings is 1. The maximum absolute atomic E-state index is 11.8. The summed E-state index contributed by atoms with van der Waals surface area (Å²) in [5, 5.41) is 3.96. The molecule has 1 amide bonds. The standard InChI is InChI=1S/C13H18N2O3/c1-5-9(2)14-15-13(16)10-6-7-11(17-3)12(8-10)18-4/h6-8H,5H2,1-4H3,(H,15,16)/b14-9-. The molecule has 0 saturated heterocycles. The van der Waals surface area contributed by atoms with Gasteiger partial charge in [-0.3, -0.25) is 4.79 Å². The van der Waals surface area contributed by atoms with Gasteiger partial charge in [-0.2, -0.15) is 5.10 Å². The molecule has 1 rings (SSSR count).